The Labute approximate surface area is 171 Å². The van der Waals surface area contributed by atoms with Gasteiger partial charge in [-0.25, -0.2) is 17.2 Å². The molecular weight excluding hydrogens is 418 g/mol. The van der Waals surface area contributed by atoms with Crippen molar-refractivity contribution in [3.63, 3.8) is 0 Å². The van der Waals surface area contributed by atoms with Gasteiger partial charge in [0.2, 0.25) is 11.6 Å². The highest BCUT2D eigenvalue weighted by molar-refractivity contribution is 7.97. The SMILES string of the molecule is O=C1C(N2CCOCC2)=C(S(=O)(=O)Nc2ccc(F)c(F)c2)C(=O)c2ccccc21. The second-order valence-electron chi connectivity index (χ2n) is 6.72. The minimum Gasteiger partial charge on any atom is -0.378 e. The van der Waals surface area contributed by atoms with Crippen LogP contribution >= 0.6 is 0 Å². The van der Waals surface area contributed by atoms with Crippen LogP contribution in [0.25, 0.3) is 0 Å². The van der Waals surface area contributed by atoms with Crippen molar-refractivity contribution in [1.82, 2.24) is 4.90 Å². The van der Waals surface area contributed by atoms with E-state index >= 15 is 0 Å². The second kappa shape index (κ2) is 7.62. The largest absolute Gasteiger partial charge is 0.378 e. The van der Waals surface area contributed by atoms with E-state index in [1.807, 2.05) is 0 Å². The molecule has 7 nitrogen and oxygen atoms in total. The Kier molecular flexibility index (Phi) is 5.12. The highest BCUT2D eigenvalue weighted by Gasteiger charge is 2.41. The van der Waals surface area contributed by atoms with E-state index in [0.29, 0.717) is 6.07 Å². The number of hydrogen-bond acceptors (Lipinski definition) is 6. The molecule has 0 radical (unpaired) electrons. The summed E-state index contributed by atoms with van der Waals surface area (Å²) in [5.41, 5.74) is -0.458. The Bertz CT molecular complexity index is 1190. The summed E-state index contributed by atoms with van der Waals surface area (Å²) in [6.45, 7) is 0.967. The number of fused-ring (bicyclic) bond motifs is 1. The third-order valence-electron chi connectivity index (χ3n) is 4.82. The number of hydrogen-bond donors (Lipinski definition) is 1. The summed E-state index contributed by atoms with van der Waals surface area (Å²) < 4.78 is 60.4. The molecule has 2 aromatic carbocycles. The molecule has 1 heterocycles. The Morgan fingerprint density at radius 1 is 0.900 bits per heavy atom. The predicted molar refractivity (Wildman–Crippen MR) is 103 cm³/mol. The monoisotopic (exact) mass is 434 g/mol. The van der Waals surface area contributed by atoms with Crippen LogP contribution in [0.2, 0.25) is 0 Å². The fraction of sp³-hybridized carbons (Fsp3) is 0.200. The summed E-state index contributed by atoms with van der Waals surface area (Å²) in [6.07, 6.45) is 0. The van der Waals surface area contributed by atoms with E-state index in [1.165, 1.54) is 23.1 Å². The normalized spacial score (nSPS) is 17.2. The number of Topliss-reactive ketones (excluding diaryl/α,β-unsaturated/α-hetero) is 2. The van der Waals surface area contributed by atoms with E-state index in [0.717, 1.165) is 12.1 Å². The van der Waals surface area contributed by atoms with Gasteiger partial charge in [-0.3, -0.25) is 14.3 Å². The number of rotatable bonds is 4. The summed E-state index contributed by atoms with van der Waals surface area (Å²) in [5, 5.41) is 0. The van der Waals surface area contributed by atoms with Crippen molar-refractivity contribution >= 4 is 27.3 Å². The van der Waals surface area contributed by atoms with E-state index in [1.54, 1.807) is 6.07 Å². The Balaban J connectivity index is 1.86. The van der Waals surface area contributed by atoms with Gasteiger partial charge in [-0.1, -0.05) is 24.3 Å². The van der Waals surface area contributed by atoms with E-state index in [2.05, 4.69) is 4.72 Å². The number of morpholine rings is 1. The smallest absolute Gasteiger partial charge is 0.268 e. The van der Waals surface area contributed by atoms with Gasteiger partial charge in [-0.2, -0.15) is 0 Å². The van der Waals surface area contributed by atoms with Crippen LogP contribution < -0.4 is 4.72 Å². The average molecular weight is 434 g/mol. The molecule has 0 atom stereocenters. The van der Waals surface area contributed by atoms with Crippen LogP contribution in [-0.2, 0) is 14.8 Å². The summed E-state index contributed by atoms with van der Waals surface area (Å²) in [7, 11) is -4.60. The van der Waals surface area contributed by atoms with Crippen LogP contribution in [-0.4, -0.2) is 51.2 Å². The lowest BCUT2D eigenvalue weighted by Crippen LogP contribution is -2.43. The van der Waals surface area contributed by atoms with E-state index in [-0.39, 0.29) is 48.8 Å². The van der Waals surface area contributed by atoms with Crippen molar-refractivity contribution < 1.29 is 31.5 Å². The summed E-state index contributed by atoms with van der Waals surface area (Å²) in [6, 6.07) is 8.38. The molecule has 0 aromatic heterocycles. The van der Waals surface area contributed by atoms with Gasteiger partial charge in [0, 0.05) is 30.3 Å². The van der Waals surface area contributed by atoms with Crippen LogP contribution in [0, 0.1) is 11.6 Å². The number of ether oxygens (including phenoxy) is 1. The molecule has 1 N–H and O–H groups in total. The number of benzene rings is 2. The highest BCUT2D eigenvalue weighted by Crippen LogP contribution is 2.32. The zero-order valence-electron chi connectivity index (χ0n) is 15.5. The zero-order valence-corrected chi connectivity index (χ0v) is 16.3. The maximum Gasteiger partial charge on any atom is 0.268 e. The molecule has 0 unspecified atom stereocenters. The minimum absolute atomic E-state index is 0.0369. The van der Waals surface area contributed by atoms with Gasteiger partial charge >= 0.3 is 0 Å². The molecule has 156 valence electrons. The highest BCUT2D eigenvalue weighted by atomic mass is 32.2. The fourth-order valence-electron chi connectivity index (χ4n) is 3.43. The predicted octanol–water partition coefficient (Wildman–Crippen LogP) is 2.33. The summed E-state index contributed by atoms with van der Waals surface area (Å²) in [4.78, 5) is 27.1. The summed E-state index contributed by atoms with van der Waals surface area (Å²) >= 11 is 0. The van der Waals surface area contributed by atoms with Crippen molar-refractivity contribution in [2.45, 2.75) is 0 Å². The topological polar surface area (TPSA) is 92.8 Å². The first kappa shape index (κ1) is 20.2. The van der Waals surface area contributed by atoms with Gasteiger partial charge in [0.25, 0.3) is 10.0 Å². The van der Waals surface area contributed by atoms with Gasteiger partial charge in [0.05, 0.1) is 18.9 Å². The van der Waals surface area contributed by atoms with Crippen LogP contribution in [0.1, 0.15) is 20.7 Å². The first-order valence-corrected chi connectivity index (χ1v) is 10.5. The molecule has 0 spiro atoms. The third-order valence-corrected chi connectivity index (χ3v) is 6.24. The standard InChI is InChI=1S/C20H16F2N2O5S/c21-15-6-5-12(11-16(15)22)23-30(27,28)20-17(24-7-9-29-10-8-24)18(25)13-3-1-2-4-14(13)19(20)26/h1-6,11,23H,7-10H2. The van der Waals surface area contributed by atoms with Crippen LogP contribution in [0.5, 0.6) is 0 Å². The number of nitrogens with one attached hydrogen (secondary N) is 1. The molecule has 0 bridgehead atoms. The zero-order chi connectivity index (χ0) is 21.5. The van der Waals surface area contributed by atoms with Gasteiger partial charge in [-0.05, 0) is 12.1 Å². The van der Waals surface area contributed by atoms with E-state index < -0.39 is 38.1 Å². The first-order valence-electron chi connectivity index (χ1n) is 9.03. The number of allylic oxidation sites excluding steroid dienone is 2. The van der Waals surface area contributed by atoms with Crippen LogP contribution in [0.15, 0.2) is 53.1 Å². The molecule has 4 rings (SSSR count). The lowest BCUT2D eigenvalue weighted by molar-refractivity contribution is 0.0499. The van der Waals surface area contributed by atoms with Gasteiger partial charge in [0.1, 0.15) is 5.70 Å². The van der Waals surface area contributed by atoms with Gasteiger partial charge < -0.3 is 9.64 Å². The molecule has 1 aliphatic carbocycles. The first-order chi connectivity index (χ1) is 14.3. The average Bonchev–Trinajstić information content (AvgIpc) is 2.73. The summed E-state index contributed by atoms with van der Waals surface area (Å²) in [5.74, 6) is -3.85. The van der Waals surface area contributed by atoms with Crippen molar-refractivity contribution in [1.29, 1.82) is 0 Å². The molecule has 0 amide bonds. The van der Waals surface area contributed by atoms with Gasteiger partial charge in [0.15, 0.2) is 16.5 Å². The molecule has 1 aliphatic heterocycles. The van der Waals surface area contributed by atoms with E-state index in [4.69, 9.17) is 4.74 Å². The number of carbonyl (C=O) groups excluding carboxylic acids is 2. The number of ketones is 2. The number of sulfonamides is 1. The number of halogens is 2. The molecule has 30 heavy (non-hydrogen) atoms. The molecular formula is C20H16F2N2O5S. The second-order valence-corrected chi connectivity index (χ2v) is 8.33. The third kappa shape index (κ3) is 3.48. The Morgan fingerprint density at radius 2 is 1.53 bits per heavy atom. The number of carbonyl (C=O) groups is 2. The lowest BCUT2D eigenvalue weighted by Gasteiger charge is -2.33. The lowest BCUT2D eigenvalue weighted by atomic mass is 9.91. The van der Waals surface area contributed by atoms with E-state index in [9.17, 15) is 26.8 Å². The maximum atomic E-state index is 13.5. The van der Waals surface area contributed by atoms with Crippen molar-refractivity contribution in [2.75, 3.05) is 31.0 Å². The Morgan fingerprint density at radius 3 is 2.17 bits per heavy atom. The van der Waals surface area contributed by atoms with Crippen molar-refractivity contribution in [3.05, 3.63) is 75.8 Å². The van der Waals surface area contributed by atoms with Gasteiger partial charge in [-0.15, -0.1) is 0 Å². The molecule has 2 aromatic rings. The van der Waals surface area contributed by atoms with Crippen molar-refractivity contribution in [2.24, 2.45) is 0 Å². The number of nitrogens with zero attached hydrogens (tertiary/aromatic N) is 1. The molecule has 1 saturated heterocycles. The Hall–Kier alpha value is -3.11. The molecule has 0 saturated carbocycles. The minimum atomic E-state index is -4.60. The van der Waals surface area contributed by atoms with Crippen LogP contribution in [0.3, 0.4) is 0 Å². The maximum absolute atomic E-state index is 13.5. The molecule has 10 heteroatoms. The molecule has 2 aliphatic rings. The number of anilines is 1. The fourth-order valence-corrected chi connectivity index (χ4v) is 4.80. The van der Waals surface area contributed by atoms with Crippen LogP contribution in [0.4, 0.5) is 14.5 Å². The van der Waals surface area contributed by atoms with Crippen molar-refractivity contribution in [3.8, 4) is 0 Å². The molecule has 1 fully saturated rings. The quantitative estimate of drug-likeness (QED) is 0.794.